The van der Waals surface area contributed by atoms with E-state index in [0.29, 0.717) is 5.69 Å². The van der Waals surface area contributed by atoms with Crippen molar-refractivity contribution in [3.63, 3.8) is 0 Å². The Morgan fingerprint density at radius 1 is 1.30 bits per heavy atom. The molecule has 0 bridgehead atoms. The van der Waals surface area contributed by atoms with Crippen molar-refractivity contribution in [1.82, 2.24) is 4.98 Å². The van der Waals surface area contributed by atoms with Crippen molar-refractivity contribution >= 4 is 17.3 Å². The molecule has 1 aromatic carbocycles. The van der Waals surface area contributed by atoms with Crippen LogP contribution < -0.4 is 10.6 Å². The van der Waals surface area contributed by atoms with Gasteiger partial charge in [-0.15, -0.1) is 0 Å². The van der Waals surface area contributed by atoms with Crippen LogP contribution in [-0.2, 0) is 0 Å². The molecule has 20 heavy (non-hydrogen) atoms. The zero-order valence-corrected chi connectivity index (χ0v) is 11.6. The summed E-state index contributed by atoms with van der Waals surface area (Å²) in [4.78, 5) is 6.50. The van der Waals surface area contributed by atoms with Gasteiger partial charge in [-0.2, -0.15) is 0 Å². The third-order valence-electron chi connectivity index (χ3n) is 3.01. The van der Waals surface area contributed by atoms with Crippen LogP contribution in [0.25, 0.3) is 0 Å². The second kappa shape index (κ2) is 6.06. The van der Waals surface area contributed by atoms with Gasteiger partial charge >= 0.3 is 0 Å². The molecule has 3 N–H and O–H groups in total. The van der Waals surface area contributed by atoms with Gasteiger partial charge in [0.15, 0.2) is 5.84 Å². The van der Waals surface area contributed by atoms with Gasteiger partial charge in [-0.05, 0) is 43.7 Å². The van der Waals surface area contributed by atoms with Gasteiger partial charge in [-0.1, -0.05) is 23.4 Å². The Labute approximate surface area is 118 Å². The molecule has 2 rings (SSSR count). The Morgan fingerprint density at radius 2 is 2.05 bits per heavy atom. The number of hydrogen-bond acceptors (Lipinski definition) is 4. The van der Waals surface area contributed by atoms with E-state index in [4.69, 9.17) is 10.9 Å². The molecule has 0 saturated heterocycles. The second-order valence-electron chi connectivity index (χ2n) is 4.45. The molecule has 0 aliphatic carbocycles. The molecule has 1 heterocycles. The van der Waals surface area contributed by atoms with E-state index in [1.165, 1.54) is 5.56 Å². The number of oxime groups is 1. The summed E-state index contributed by atoms with van der Waals surface area (Å²) in [6, 6.07) is 13.7. The summed E-state index contributed by atoms with van der Waals surface area (Å²) in [5.74, 6) is 0.773. The van der Waals surface area contributed by atoms with Crippen molar-refractivity contribution in [2.24, 2.45) is 10.9 Å². The fourth-order valence-corrected chi connectivity index (χ4v) is 2.04. The number of benzene rings is 1. The number of nitrogens with two attached hydrogens (primary N) is 1. The Bertz CT molecular complexity index is 625. The van der Waals surface area contributed by atoms with E-state index in [9.17, 15) is 0 Å². The highest BCUT2D eigenvalue weighted by Gasteiger charge is 2.10. The molecule has 2 aromatic rings. The van der Waals surface area contributed by atoms with Crippen LogP contribution in [0.1, 0.15) is 18.2 Å². The normalized spacial score (nSPS) is 11.4. The maximum Gasteiger partial charge on any atom is 0.188 e. The van der Waals surface area contributed by atoms with Gasteiger partial charge < -0.3 is 15.8 Å². The first-order valence-corrected chi connectivity index (χ1v) is 6.45. The van der Waals surface area contributed by atoms with Crippen molar-refractivity contribution in [3.05, 3.63) is 53.7 Å². The maximum absolute atomic E-state index is 8.74. The van der Waals surface area contributed by atoms with Crippen molar-refractivity contribution in [1.29, 1.82) is 0 Å². The fourth-order valence-electron chi connectivity index (χ4n) is 2.04. The van der Waals surface area contributed by atoms with E-state index in [-0.39, 0.29) is 5.84 Å². The molecule has 104 valence electrons. The van der Waals surface area contributed by atoms with Crippen LogP contribution in [-0.4, -0.2) is 22.6 Å². The van der Waals surface area contributed by atoms with Gasteiger partial charge in [0.2, 0.25) is 0 Å². The van der Waals surface area contributed by atoms with Gasteiger partial charge in [-0.25, -0.2) is 4.98 Å². The molecule has 0 fully saturated rings. The molecule has 0 amide bonds. The smallest absolute Gasteiger partial charge is 0.188 e. The number of pyridine rings is 1. The summed E-state index contributed by atoms with van der Waals surface area (Å²) in [5, 5.41) is 11.7. The Balaban J connectivity index is 2.42. The van der Waals surface area contributed by atoms with E-state index < -0.39 is 0 Å². The van der Waals surface area contributed by atoms with Gasteiger partial charge in [0.05, 0.1) is 0 Å². The van der Waals surface area contributed by atoms with Gasteiger partial charge in [-0.3, -0.25) is 0 Å². The molecular weight excluding hydrogens is 252 g/mol. The number of aryl methyl sites for hydroxylation is 1. The lowest BCUT2D eigenvalue weighted by atomic mass is 10.2. The molecule has 1 aromatic heterocycles. The minimum Gasteiger partial charge on any atom is -0.409 e. The minimum absolute atomic E-state index is 0.00662. The van der Waals surface area contributed by atoms with E-state index in [1.54, 1.807) is 6.07 Å². The van der Waals surface area contributed by atoms with Gasteiger partial charge in [0.25, 0.3) is 0 Å². The van der Waals surface area contributed by atoms with Crippen LogP contribution in [0.4, 0.5) is 11.5 Å². The van der Waals surface area contributed by atoms with Crippen molar-refractivity contribution < 1.29 is 5.21 Å². The fraction of sp³-hybridized carbons (Fsp3) is 0.200. The lowest BCUT2D eigenvalue weighted by Crippen LogP contribution is -2.20. The molecule has 0 aliphatic rings. The lowest BCUT2D eigenvalue weighted by molar-refractivity contribution is 0.318. The maximum atomic E-state index is 8.74. The highest BCUT2D eigenvalue weighted by atomic mass is 16.4. The Kier molecular flexibility index (Phi) is 4.20. The average Bonchev–Trinajstić information content (AvgIpc) is 2.47. The summed E-state index contributed by atoms with van der Waals surface area (Å²) in [5.41, 5.74) is 8.30. The minimum atomic E-state index is 0.00662. The van der Waals surface area contributed by atoms with Crippen molar-refractivity contribution in [2.45, 2.75) is 13.8 Å². The molecule has 0 saturated carbocycles. The van der Waals surface area contributed by atoms with E-state index in [1.807, 2.05) is 24.3 Å². The average molecular weight is 270 g/mol. The van der Waals surface area contributed by atoms with Crippen LogP contribution >= 0.6 is 0 Å². The van der Waals surface area contributed by atoms with Crippen LogP contribution in [0.3, 0.4) is 0 Å². The molecule has 5 nitrogen and oxygen atoms in total. The van der Waals surface area contributed by atoms with E-state index in [2.05, 4.69) is 41.0 Å². The number of hydrogen-bond donors (Lipinski definition) is 2. The monoisotopic (exact) mass is 270 g/mol. The number of anilines is 2. The molecule has 0 atom stereocenters. The molecule has 0 radical (unpaired) electrons. The highest BCUT2D eigenvalue weighted by molar-refractivity contribution is 5.95. The van der Waals surface area contributed by atoms with Gasteiger partial charge in [0.1, 0.15) is 11.5 Å². The topological polar surface area (TPSA) is 74.7 Å². The summed E-state index contributed by atoms with van der Waals surface area (Å²) in [6.07, 6.45) is 0. The number of nitrogens with zero attached hydrogens (tertiary/aromatic N) is 3. The molecular formula is C15H18N4O. The Hall–Kier alpha value is -2.56. The predicted molar refractivity (Wildman–Crippen MR) is 80.6 cm³/mol. The number of amidine groups is 1. The largest absolute Gasteiger partial charge is 0.409 e. The van der Waals surface area contributed by atoms with Crippen molar-refractivity contribution in [3.8, 4) is 0 Å². The second-order valence-corrected chi connectivity index (χ2v) is 4.45. The summed E-state index contributed by atoms with van der Waals surface area (Å²) in [6.45, 7) is 4.88. The van der Waals surface area contributed by atoms with E-state index >= 15 is 0 Å². The Morgan fingerprint density at radius 3 is 2.70 bits per heavy atom. The van der Waals surface area contributed by atoms with Crippen LogP contribution in [0.15, 0.2) is 47.6 Å². The molecule has 0 spiro atoms. The van der Waals surface area contributed by atoms with Crippen LogP contribution in [0, 0.1) is 6.92 Å². The van der Waals surface area contributed by atoms with Crippen molar-refractivity contribution in [2.75, 3.05) is 11.4 Å². The third-order valence-corrected chi connectivity index (χ3v) is 3.01. The quantitative estimate of drug-likeness (QED) is 0.387. The van der Waals surface area contributed by atoms with Crippen LogP contribution in [0.2, 0.25) is 0 Å². The first-order valence-electron chi connectivity index (χ1n) is 6.45. The zero-order chi connectivity index (χ0) is 14.5. The number of aromatic nitrogens is 1. The zero-order valence-electron chi connectivity index (χ0n) is 11.6. The van der Waals surface area contributed by atoms with Crippen LogP contribution in [0.5, 0.6) is 0 Å². The predicted octanol–water partition coefficient (Wildman–Crippen LogP) is 2.64. The highest BCUT2D eigenvalue weighted by Crippen LogP contribution is 2.24. The first-order chi connectivity index (χ1) is 9.65. The standard InChI is InChI=1S/C15H18N4O/c1-3-19(12-7-4-6-11(2)10-12)14-9-5-8-13(17-14)15(16)18-20/h4-10,20H,3H2,1-2H3,(H2,16,18). The molecule has 5 heteroatoms. The van der Waals surface area contributed by atoms with E-state index in [0.717, 1.165) is 18.1 Å². The van der Waals surface area contributed by atoms with Gasteiger partial charge in [0, 0.05) is 12.2 Å². The molecule has 0 aliphatic heterocycles. The summed E-state index contributed by atoms with van der Waals surface area (Å²) < 4.78 is 0. The summed E-state index contributed by atoms with van der Waals surface area (Å²) in [7, 11) is 0. The SMILES string of the molecule is CCN(c1cccc(C)c1)c1cccc(C(N)=NO)n1. The molecule has 0 unspecified atom stereocenters. The lowest BCUT2D eigenvalue weighted by Gasteiger charge is -2.22. The summed E-state index contributed by atoms with van der Waals surface area (Å²) >= 11 is 0. The third kappa shape index (κ3) is 2.88. The number of rotatable bonds is 4. The first kappa shape index (κ1) is 13.9.